The number of esters is 2. The molecule has 0 heterocycles. The van der Waals surface area contributed by atoms with E-state index in [-0.39, 0.29) is 35.9 Å². The fourth-order valence-corrected chi connectivity index (χ4v) is 3.15. The van der Waals surface area contributed by atoms with Crippen LogP contribution in [0, 0.1) is 22.7 Å². The van der Waals surface area contributed by atoms with Crippen LogP contribution in [0.5, 0.6) is 23.0 Å². The lowest BCUT2D eigenvalue weighted by atomic mass is 10.1. The lowest BCUT2D eigenvalue weighted by Gasteiger charge is -2.11. The molecule has 0 amide bonds. The molecule has 4 N–H and O–H groups in total. The van der Waals surface area contributed by atoms with Crippen molar-refractivity contribution in [1.29, 1.82) is 10.5 Å². The molecule has 0 fully saturated rings. The van der Waals surface area contributed by atoms with Crippen LogP contribution >= 0.6 is 0 Å². The van der Waals surface area contributed by atoms with E-state index in [9.17, 15) is 40.5 Å². The number of hydrogen-bond donors (Lipinski definition) is 4. The molecule has 0 saturated carbocycles. The molecular formula is C28H20N2O8. The Balaban J connectivity index is 1.67. The number of rotatable bonds is 8. The van der Waals surface area contributed by atoms with Gasteiger partial charge >= 0.3 is 11.9 Å². The van der Waals surface area contributed by atoms with E-state index in [1.54, 1.807) is 36.4 Å². The molecule has 0 saturated heterocycles. The van der Waals surface area contributed by atoms with Crippen LogP contribution in [0.4, 0.5) is 0 Å². The molecule has 0 aliphatic heterocycles. The van der Waals surface area contributed by atoms with Gasteiger partial charge in [0.15, 0.2) is 23.0 Å². The van der Waals surface area contributed by atoms with Gasteiger partial charge in [0.05, 0.1) is 0 Å². The van der Waals surface area contributed by atoms with Gasteiger partial charge < -0.3 is 29.9 Å². The Labute approximate surface area is 216 Å². The standard InChI is InChI=1S/C28H20N2O8/c29-13-21(9-17-5-7-23(31)25(33)11-17)27(35)37-15-19-3-1-2-4-20(19)16-38-28(36)22(14-30)10-18-6-8-24(32)26(34)12-18/h1-12,31-34H,15-16H2. The van der Waals surface area contributed by atoms with Crippen LogP contribution in [0.2, 0.25) is 0 Å². The van der Waals surface area contributed by atoms with Crippen molar-refractivity contribution in [3.8, 4) is 35.1 Å². The summed E-state index contributed by atoms with van der Waals surface area (Å²) in [7, 11) is 0. The van der Waals surface area contributed by atoms with Crippen molar-refractivity contribution in [2.24, 2.45) is 0 Å². The summed E-state index contributed by atoms with van der Waals surface area (Å²) in [5.74, 6) is -3.39. The van der Waals surface area contributed by atoms with E-state index in [4.69, 9.17) is 9.47 Å². The molecule has 190 valence electrons. The number of carbonyl (C=O) groups is 2. The highest BCUT2D eigenvalue weighted by molar-refractivity contribution is 5.98. The van der Waals surface area contributed by atoms with Gasteiger partial charge in [0.25, 0.3) is 0 Å². The zero-order valence-corrected chi connectivity index (χ0v) is 19.7. The maximum Gasteiger partial charge on any atom is 0.349 e. The molecule has 3 rings (SSSR count). The third-order valence-corrected chi connectivity index (χ3v) is 5.14. The first kappa shape index (κ1) is 26.9. The van der Waals surface area contributed by atoms with Gasteiger partial charge in [-0.05, 0) is 58.7 Å². The van der Waals surface area contributed by atoms with Gasteiger partial charge in [-0.15, -0.1) is 0 Å². The summed E-state index contributed by atoms with van der Waals surface area (Å²) in [4.78, 5) is 24.9. The zero-order chi connectivity index (χ0) is 27.7. The molecule has 0 radical (unpaired) electrons. The van der Waals surface area contributed by atoms with E-state index < -0.39 is 23.4 Å². The van der Waals surface area contributed by atoms with E-state index in [0.717, 1.165) is 0 Å². The van der Waals surface area contributed by atoms with Gasteiger partial charge in [-0.25, -0.2) is 9.59 Å². The number of carbonyl (C=O) groups excluding carboxylic acids is 2. The summed E-state index contributed by atoms with van der Waals surface area (Å²) in [6.07, 6.45) is 2.39. The molecule has 3 aromatic carbocycles. The molecular weight excluding hydrogens is 492 g/mol. The molecule has 0 aliphatic rings. The lowest BCUT2D eigenvalue weighted by Crippen LogP contribution is -2.10. The minimum atomic E-state index is -0.932. The van der Waals surface area contributed by atoms with Crippen molar-refractivity contribution in [3.05, 3.63) is 94.1 Å². The Morgan fingerprint density at radius 1 is 0.658 bits per heavy atom. The molecule has 10 nitrogen and oxygen atoms in total. The maximum atomic E-state index is 12.4. The van der Waals surface area contributed by atoms with Crippen molar-refractivity contribution in [2.75, 3.05) is 0 Å². The zero-order valence-electron chi connectivity index (χ0n) is 19.7. The van der Waals surface area contributed by atoms with E-state index in [1.807, 2.05) is 0 Å². The Kier molecular flexibility index (Phi) is 8.69. The minimum absolute atomic E-state index is 0.250. The maximum absolute atomic E-state index is 12.4. The number of nitrogens with zero attached hydrogens (tertiary/aromatic N) is 2. The first-order valence-electron chi connectivity index (χ1n) is 10.9. The van der Waals surface area contributed by atoms with Crippen LogP contribution < -0.4 is 0 Å². The topological polar surface area (TPSA) is 181 Å². The molecule has 3 aromatic rings. The van der Waals surface area contributed by atoms with Gasteiger partial charge in [-0.3, -0.25) is 0 Å². The van der Waals surface area contributed by atoms with Crippen LogP contribution in [-0.2, 0) is 32.3 Å². The van der Waals surface area contributed by atoms with E-state index in [1.165, 1.54) is 48.6 Å². The lowest BCUT2D eigenvalue weighted by molar-refractivity contribution is -0.141. The third-order valence-electron chi connectivity index (χ3n) is 5.14. The number of hydrogen-bond acceptors (Lipinski definition) is 10. The number of phenols is 4. The second kappa shape index (κ2) is 12.3. The highest BCUT2D eigenvalue weighted by atomic mass is 16.5. The molecule has 0 aromatic heterocycles. The fourth-order valence-electron chi connectivity index (χ4n) is 3.15. The normalized spacial score (nSPS) is 11.2. The second-order valence-corrected chi connectivity index (χ2v) is 7.76. The fraction of sp³-hybridized carbons (Fsp3) is 0.0714. The molecule has 38 heavy (non-hydrogen) atoms. The van der Waals surface area contributed by atoms with E-state index in [2.05, 4.69) is 0 Å². The summed E-state index contributed by atoms with van der Waals surface area (Å²) in [6, 6.07) is 17.6. The summed E-state index contributed by atoms with van der Waals surface area (Å²) >= 11 is 0. The number of benzene rings is 3. The average Bonchev–Trinajstić information content (AvgIpc) is 2.91. The number of ether oxygens (including phenoxy) is 2. The predicted molar refractivity (Wildman–Crippen MR) is 133 cm³/mol. The van der Waals surface area contributed by atoms with Crippen LogP contribution in [0.25, 0.3) is 12.2 Å². The predicted octanol–water partition coefficient (Wildman–Crippen LogP) is 3.81. The quantitative estimate of drug-likeness (QED) is 0.150. The summed E-state index contributed by atoms with van der Waals surface area (Å²) in [6.45, 7) is -0.500. The average molecular weight is 512 g/mol. The summed E-state index contributed by atoms with van der Waals surface area (Å²) in [5.41, 5.74) is 0.874. The molecule has 0 aliphatic carbocycles. The van der Waals surface area contributed by atoms with Crippen molar-refractivity contribution >= 4 is 24.1 Å². The number of aromatic hydroxyl groups is 4. The monoisotopic (exact) mass is 512 g/mol. The van der Waals surface area contributed by atoms with Crippen molar-refractivity contribution in [3.63, 3.8) is 0 Å². The van der Waals surface area contributed by atoms with Gasteiger partial charge in [0.1, 0.15) is 36.5 Å². The van der Waals surface area contributed by atoms with Crippen molar-refractivity contribution < 1.29 is 39.5 Å². The molecule has 0 bridgehead atoms. The van der Waals surface area contributed by atoms with Crippen molar-refractivity contribution in [2.45, 2.75) is 13.2 Å². The number of phenolic OH excluding ortho intramolecular Hbond substituents is 4. The van der Waals surface area contributed by atoms with E-state index >= 15 is 0 Å². The van der Waals surface area contributed by atoms with Crippen molar-refractivity contribution in [1.82, 2.24) is 0 Å². The van der Waals surface area contributed by atoms with E-state index in [0.29, 0.717) is 22.3 Å². The summed E-state index contributed by atoms with van der Waals surface area (Å²) in [5, 5.41) is 56.6. The third kappa shape index (κ3) is 6.90. The van der Waals surface area contributed by atoms with Crippen LogP contribution in [0.15, 0.2) is 71.8 Å². The van der Waals surface area contributed by atoms with Crippen LogP contribution in [0.3, 0.4) is 0 Å². The van der Waals surface area contributed by atoms with Gasteiger partial charge in [-0.2, -0.15) is 10.5 Å². The second-order valence-electron chi connectivity index (χ2n) is 7.76. The Morgan fingerprint density at radius 2 is 1.05 bits per heavy atom. The number of nitriles is 2. The molecule has 0 atom stereocenters. The van der Waals surface area contributed by atoms with Gasteiger partial charge in [0, 0.05) is 0 Å². The Bertz CT molecular complexity index is 1410. The van der Waals surface area contributed by atoms with Gasteiger partial charge in [0.2, 0.25) is 0 Å². The highest BCUT2D eigenvalue weighted by Gasteiger charge is 2.15. The highest BCUT2D eigenvalue weighted by Crippen LogP contribution is 2.27. The Hall–Kier alpha value is -5.74. The largest absolute Gasteiger partial charge is 0.504 e. The van der Waals surface area contributed by atoms with Gasteiger partial charge in [-0.1, -0.05) is 36.4 Å². The van der Waals surface area contributed by atoms with Crippen LogP contribution in [0.1, 0.15) is 22.3 Å². The smallest absolute Gasteiger partial charge is 0.349 e. The first-order valence-corrected chi connectivity index (χ1v) is 10.9. The Morgan fingerprint density at radius 3 is 1.39 bits per heavy atom. The van der Waals surface area contributed by atoms with Crippen LogP contribution in [-0.4, -0.2) is 32.4 Å². The molecule has 0 unspecified atom stereocenters. The minimum Gasteiger partial charge on any atom is -0.504 e. The molecule has 0 spiro atoms. The summed E-state index contributed by atoms with van der Waals surface area (Å²) < 4.78 is 10.5. The first-order chi connectivity index (χ1) is 18.2. The SMILES string of the molecule is N#CC(=Cc1ccc(O)c(O)c1)C(=O)OCc1ccccc1COC(=O)C(C#N)=Cc1ccc(O)c(O)c1. The molecule has 10 heteroatoms.